The first-order chi connectivity index (χ1) is 24.9. The highest BCUT2D eigenvalue weighted by Gasteiger charge is 2.75. The Balaban J connectivity index is 0.000000245. The van der Waals surface area contributed by atoms with Crippen molar-refractivity contribution in [2.45, 2.75) is 114 Å². The van der Waals surface area contributed by atoms with E-state index in [1.807, 2.05) is 82.3 Å². The highest BCUT2D eigenvalue weighted by molar-refractivity contribution is 6.68. The molecule has 2 aliphatic rings. The molecule has 0 spiro atoms. The number of carboxylic acids is 1. The van der Waals surface area contributed by atoms with Gasteiger partial charge in [0, 0.05) is 11.1 Å². The molecule has 0 saturated heterocycles. The first-order valence-corrected chi connectivity index (χ1v) is 20.7. The maximum absolute atomic E-state index is 13.2. The monoisotopic (exact) mass is 872 g/mol. The molecule has 2 fully saturated rings. The number of hydrogen-bond acceptors (Lipinski definition) is 4. The summed E-state index contributed by atoms with van der Waals surface area (Å²) in [6.07, 6.45) is 0.903. The number of carboxylic acid groups (broad SMARTS) is 1. The third-order valence-electron chi connectivity index (χ3n) is 11.5. The number of aliphatic carboxylic acids is 1. The van der Waals surface area contributed by atoms with Gasteiger partial charge in [-0.05, 0) is 89.5 Å². The molecule has 4 atom stereocenters. The summed E-state index contributed by atoms with van der Waals surface area (Å²) in [5.41, 5.74) is 2.14. The van der Waals surface area contributed by atoms with Crippen LogP contribution in [-0.2, 0) is 26.8 Å². The SMILES string of the molecule is CC1(C)C(CC(Cl)(Cl)Cl)C1(Cc1cccc(Oc2ccccc2)c1)C(=O)O.Cc1cc(C(C)(C)C)c(OC(=O)C2C(CC(Cl)(Cl)Cl)C2(C)C)c(C(C)(C)C)c1. The summed E-state index contributed by atoms with van der Waals surface area (Å²) in [5, 5.41) is 10.0. The lowest BCUT2D eigenvalue weighted by atomic mass is 9.78. The molecule has 4 unspecified atom stereocenters. The van der Waals surface area contributed by atoms with E-state index in [9.17, 15) is 14.7 Å². The van der Waals surface area contributed by atoms with E-state index < -0.39 is 24.4 Å². The number of hydrogen-bond donors (Lipinski definition) is 1. The van der Waals surface area contributed by atoms with Gasteiger partial charge >= 0.3 is 11.9 Å². The number of para-hydroxylation sites is 1. The molecular weight excluding hydrogens is 821 g/mol. The number of ether oxygens (including phenoxy) is 2. The number of aryl methyl sites for hydroxylation is 1. The van der Waals surface area contributed by atoms with Crippen molar-refractivity contribution < 1.29 is 24.2 Å². The van der Waals surface area contributed by atoms with Crippen LogP contribution in [0.3, 0.4) is 0 Å². The van der Waals surface area contributed by atoms with Gasteiger partial charge in [0.2, 0.25) is 0 Å². The number of halogens is 6. The van der Waals surface area contributed by atoms with E-state index in [0.29, 0.717) is 24.3 Å². The van der Waals surface area contributed by atoms with E-state index in [2.05, 4.69) is 60.6 Å². The summed E-state index contributed by atoms with van der Waals surface area (Å²) in [5.74, 6) is 0.475. The van der Waals surface area contributed by atoms with Gasteiger partial charge in [0.15, 0.2) is 7.59 Å². The van der Waals surface area contributed by atoms with Crippen molar-refractivity contribution in [2.24, 2.45) is 34.0 Å². The van der Waals surface area contributed by atoms with Gasteiger partial charge in [-0.2, -0.15) is 0 Å². The second-order valence-electron chi connectivity index (χ2n) is 18.4. The number of benzene rings is 3. The molecule has 0 aromatic heterocycles. The largest absolute Gasteiger partial charge is 0.481 e. The van der Waals surface area contributed by atoms with Crippen LogP contribution in [-0.4, -0.2) is 24.6 Å². The molecule has 3 aromatic carbocycles. The molecule has 11 heteroatoms. The summed E-state index contributed by atoms with van der Waals surface area (Å²) in [6.45, 7) is 22.8. The minimum Gasteiger partial charge on any atom is -0.481 e. The van der Waals surface area contributed by atoms with E-state index in [1.54, 1.807) is 0 Å². The zero-order valence-corrected chi connectivity index (χ0v) is 38.1. The zero-order valence-electron chi connectivity index (χ0n) is 33.6. The second kappa shape index (κ2) is 16.1. The number of carbonyl (C=O) groups is 2. The summed E-state index contributed by atoms with van der Waals surface area (Å²) < 4.78 is 9.14. The van der Waals surface area contributed by atoms with Crippen LogP contribution in [0.1, 0.15) is 104 Å². The first kappa shape index (κ1) is 45.8. The minimum atomic E-state index is -1.47. The quantitative estimate of drug-likeness (QED) is 0.132. The maximum Gasteiger partial charge on any atom is 0.315 e. The average molecular weight is 876 g/mol. The molecule has 1 N–H and O–H groups in total. The molecule has 2 aliphatic carbocycles. The van der Waals surface area contributed by atoms with Crippen molar-refractivity contribution in [1.29, 1.82) is 0 Å². The standard InChI is InChI=1S/C23H33Cl3O2.C21H21Cl3O3/c1-13-10-14(20(2,3)4)18(15(11-13)21(5,6)7)28-19(27)17-16(22(17,8)9)12-23(24,25)26;1-19(2)17(13-21(22,23)24)20(19,18(25)26)12-14-7-6-10-16(11-14)27-15-8-4-3-5-9-15/h10-11,16-17H,12H2,1-9H3;3-11,17H,12-13H2,1-2H3,(H,25,26). The summed E-state index contributed by atoms with van der Waals surface area (Å²) >= 11 is 35.9. The average Bonchev–Trinajstić information content (AvgIpc) is 3.73. The van der Waals surface area contributed by atoms with Gasteiger partial charge in [0.05, 0.1) is 11.3 Å². The van der Waals surface area contributed by atoms with Crippen LogP contribution < -0.4 is 9.47 Å². The van der Waals surface area contributed by atoms with Gasteiger partial charge in [-0.15, -0.1) is 0 Å². The third kappa shape index (κ3) is 10.8. The van der Waals surface area contributed by atoms with Gasteiger partial charge in [0.1, 0.15) is 17.2 Å². The van der Waals surface area contributed by atoms with Crippen LogP contribution in [0.4, 0.5) is 0 Å². The van der Waals surface area contributed by atoms with Gasteiger partial charge in [0.25, 0.3) is 0 Å². The molecule has 3 aromatic rings. The highest BCUT2D eigenvalue weighted by atomic mass is 35.6. The van der Waals surface area contributed by atoms with Crippen molar-refractivity contribution in [2.75, 3.05) is 0 Å². The van der Waals surface area contributed by atoms with Crippen LogP contribution in [0.15, 0.2) is 66.7 Å². The Morgan fingerprint density at radius 1 is 0.727 bits per heavy atom. The molecule has 0 amide bonds. The highest BCUT2D eigenvalue weighted by Crippen LogP contribution is 2.73. The normalized spacial score (nSPS) is 22.9. The topological polar surface area (TPSA) is 72.8 Å². The lowest BCUT2D eigenvalue weighted by Crippen LogP contribution is -2.25. The van der Waals surface area contributed by atoms with Gasteiger partial charge in [-0.3, -0.25) is 9.59 Å². The second-order valence-corrected chi connectivity index (χ2v) is 23.5. The molecular formula is C44H54Cl6O5. The molecule has 2 saturated carbocycles. The fourth-order valence-electron chi connectivity index (χ4n) is 8.15. The fraction of sp³-hybridized carbons (Fsp3) is 0.545. The van der Waals surface area contributed by atoms with Crippen molar-refractivity contribution in [3.05, 3.63) is 89.0 Å². The number of carbonyl (C=O) groups excluding carboxylic acids is 1. The molecule has 55 heavy (non-hydrogen) atoms. The van der Waals surface area contributed by atoms with Crippen molar-refractivity contribution >= 4 is 81.5 Å². The third-order valence-corrected chi connectivity index (χ3v) is 12.4. The van der Waals surface area contributed by atoms with E-state index >= 15 is 0 Å². The lowest BCUT2D eigenvalue weighted by molar-refractivity contribution is -0.145. The predicted octanol–water partition coefficient (Wildman–Crippen LogP) is 14.0. The van der Waals surface area contributed by atoms with Crippen LogP contribution in [0, 0.1) is 40.9 Å². The number of alkyl halides is 6. The van der Waals surface area contributed by atoms with E-state index in [4.69, 9.17) is 79.1 Å². The molecule has 0 heterocycles. The number of rotatable bonds is 9. The predicted molar refractivity (Wildman–Crippen MR) is 229 cm³/mol. The zero-order chi connectivity index (χ0) is 41.7. The van der Waals surface area contributed by atoms with Gasteiger partial charge < -0.3 is 14.6 Å². The Hall–Kier alpha value is -1.86. The Bertz CT molecular complexity index is 1830. The van der Waals surface area contributed by atoms with E-state index in [1.165, 1.54) is 0 Å². The summed E-state index contributed by atoms with van der Waals surface area (Å²) in [6, 6.07) is 21.2. The van der Waals surface area contributed by atoms with Crippen LogP contribution in [0.25, 0.3) is 0 Å². The van der Waals surface area contributed by atoms with Crippen molar-refractivity contribution in [1.82, 2.24) is 0 Å². The molecule has 0 bridgehead atoms. The fourth-order valence-corrected chi connectivity index (χ4v) is 9.11. The Kier molecular flexibility index (Phi) is 13.4. The van der Waals surface area contributed by atoms with Gasteiger partial charge in [-0.25, -0.2) is 0 Å². The summed E-state index contributed by atoms with van der Waals surface area (Å²) in [4.78, 5) is 25.4. The minimum absolute atomic E-state index is 0.00544. The van der Waals surface area contributed by atoms with Crippen LogP contribution in [0.5, 0.6) is 17.2 Å². The van der Waals surface area contributed by atoms with Crippen LogP contribution >= 0.6 is 69.6 Å². The Labute approximate surface area is 357 Å². The molecule has 0 radical (unpaired) electrons. The maximum atomic E-state index is 13.2. The Morgan fingerprint density at radius 3 is 1.71 bits per heavy atom. The molecule has 302 valence electrons. The van der Waals surface area contributed by atoms with Crippen LogP contribution in [0.2, 0.25) is 0 Å². The first-order valence-electron chi connectivity index (χ1n) is 18.5. The van der Waals surface area contributed by atoms with Gasteiger partial charge in [-0.1, -0.05) is 187 Å². The molecule has 5 rings (SSSR count). The van der Waals surface area contributed by atoms with Crippen molar-refractivity contribution in [3.8, 4) is 17.2 Å². The van der Waals surface area contributed by atoms with E-state index in [0.717, 1.165) is 28.0 Å². The number of esters is 1. The van der Waals surface area contributed by atoms with E-state index in [-0.39, 0.29) is 46.4 Å². The Morgan fingerprint density at radius 2 is 1.24 bits per heavy atom. The lowest BCUT2D eigenvalue weighted by Gasteiger charge is -2.30. The molecule has 5 nitrogen and oxygen atoms in total. The van der Waals surface area contributed by atoms with Crippen molar-refractivity contribution in [3.63, 3.8) is 0 Å². The summed E-state index contributed by atoms with van der Waals surface area (Å²) in [7, 11) is 0. The smallest absolute Gasteiger partial charge is 0.315 e. The molecule has 0 aliphatic heterocycles.